The monoisotopic (exact) mass is 360 g/mol. The third-order valence-electron chi connectivity index (χ3n) is 3.20. The summed E-state index contributed by atoms with van der Waals surface area (Å²) in [5.74, 6) is -0.514. The van der Waals surface area contributed by atoms with E-state index in [2.05, 4.69) is 16.0 Å². The molecule has 0 aliphatic carbocycles. The van der Waals surface area contributed by atoms with Gasteiger partial charge in [0.15, 0.2) is 0 Å². The van der Waals surface area contributed by atoms with E-state index in [4.69, 9.17) is 0 Å². The van der Waals surface area contributed by atoms with Crippen LogP contribution < -0.4 is 16.0 Å². The summed E-state index contributed by atoms with van der Waals surface area (Å²) in [4.78, 5) is 37.7. The van der Waals surface area contributed by atoms with Gasteiger partial charge in [0.25, 0.3) is 5.91 Å². The first-order valence-electron chi connectivity index (χ1n) is 7.73. The van der Waals surface area contributed by atoms with Crippen molar-refractivity contribution in [2.45, 2.75) is 6.92 Å². The molecule has 0 fully saturated rings. The van der Waals surface area contributed by atoms with Crippen LogP contribution in [0.25, 0.3) is 0 Å². The first-order valence-corrected chi connectivity index (χ1v) is 8.61. The lowest BCUT2D eigenvalue weighted by molar-refractivity contribution is -0.116. The third kappa shape index (κ3) is 5.61. The maximum atomic E-state index is 12.1. The average Bonchev–Trinajstić information content (AvgIpc) is 3.08. The fourth-order valence-electron chi connectivity index (χ4n) is 2.09. The maximum Gasteiger partial charge on any atom is 0.319 e. The number of hydrogen-bond acceptors (Lipinski definition) is 4. The quantitative estimate of drug-likeness (QED) is 0.739. The highest BCUT2D eigenvalue weighted by Crippen LogP contribution is 2.15. The molecular weight excluding hydrogens is 340 g/mol. The second-order valence-electron chi connectivity index (χ2n) is 5.25. The van der Waals surface area contributed by atoms with E-state index in [0.717, 1.165) is 0 Å². The Morgan fingerprint density at radius 3 is 2.44 bits per heavy atom. The maximum absolute atomic E-state index is 12.1. The fourth-order valence-corrected chi connectivity index (χ4v) is 2.80. The lowest BCUT2D eigenvalue weighted by atomic mass is 10.2. The predicted molar refractivity (Wildman–Crippen MR) is 99.0 cm³/mol. The van der Waals surface area contributed by atoms with Crippen molar-refractivity contribution in [1.29, 1.82) is 0 Å². The van der Waals surface area contributed by atoms with Gasteiger partial charge in [-0.25, -0.2) is 4.79 Å². The largest absolute Gasteiger partial charge is 0.338 e. The summed E-state index contributed by atoms with van der Waals surface area (Å²) in [5.41, 5.74) is 1.10. The van der Waals surface area contributed by atoms with E-state index < -0.39 is 0 Å². The SMILES string of the molecule is CCNC(=O)Nc1cccc(NC(=O)CN(C)C(=O)c2cccs2)c1. The van der Waals surface area contributed by atoms with Crippen LogP contribution in [0.1, 0.15) is 16.6 Å². The summed E-state index contributed by atoms with van der Waals surface area (Å²) in [7, 11) is 1.58. The summed E-state index contributed by atoms with van der Waals surface area (Å²) in [5, 5.41) is 9.83. The van der Waals surface area contributed by atoms with Gasteiger partial charge in [-0.2, -0.15) is 0 Å². The van der Waals surface area contributed by atoms with Crippen LogP contribution in [0.15, 0.2) is 41.8 Å². The molecule has 1 heterocycles. The van der Waals surface area contributed by atoms with Crippen molar-refractivity contribution in [2.24, 2.45) is 0 Å². The van der Waals surface area contributed by atoms with Crippen molar-refractivity contribution in [3.8, 4) is 0 Å². The van der Waals surface area contributed by atoms with Crippen molar-refractivity contribution in [2.75, 3.05) is 30.8 Å². The molecule has 8 heteroatoms. The van der Waals surface area contributed by atoms with Crippen molar-refractivity contribution >= 4 is 40.6 Å². The lowest BCUT2D eigenvalue weighted by Gasteiger charge is -2.16. The summed E-state index contributed by atoms with van der Waals surface area (Å²) < 4.78 is 0. The molecule has 0 saturated carbocycles. The molecule has 0 saturated heterocycles. The Morgan fingerprint density at radius 2 is 1.80 bits per heavy atom. The minimum atomic E-state index is -0.317. The summed E-state index contributed by atoms with van der Waals surface area (Å²) in [6, 6.07) is 9.99. The van der Waals surface area contributed by atoms with Crippen LogP contribution in [0.4, 0.5) is 16.2 Å². The zero-order chi connectivity index (χ0) is 18.2. The Bertz CT molecular complexity index is 746. The first kappa shape index (κ1) is 18.5. The molecule has 2 rings (SSSR count). The number of amides is 4. The van der Waals surface area contributed by atoms with E-state index in [-0.39, 0.29) is 24.4 Å². The van der Waals surface area contributed by atoms with E-state index >= 15 is 0 Å². The summed E-state index contributed by atoms with van der Waals surface area (Å²) in [6.07, 6.45) is 0. The van der Waals surface area contributed by atoms with Gasteiger partial charge in [0.2, 0.25) is 5.91 Å². The molecule has 7 nitrogen and oxygen atoms in total. The summed E-state index contributed by atoms with van der Waals surface area (Å²) >= 11 is 1.33. The third-order valence-corrected chi connectivity index (χ3v) is 4.06. The second kappa shape index (κ2) is 8.84. The Kier molecular flexibility index (Phi) is 6.53. The number of anilines is 2. The van der Waals surface area contributed by atoms with E-state index in [1.165, 1.54) is 16.2 Å². The normalized spacial score (nSPS) is 10.0. The zero-order valence-corrected chi connectivity index (χ0v) is 14.9. The van der Waals surface area contributed by atoms with Crippen molar-refractivity contribution in [3.05, 3.63) is 46.7 Å². The number of benzene rings is 1. The number of rotatable bonds is 6. The molecule has 0 radical (unpaired) electrons. The molecule has 0 aliphatic rings. The number of urea groups is 1. The minimum Gasteiger partial charge on any atom is -0.338 e. The standard InChI is InChI=1S/C17H20N4O3S/c1-3-18-17(24)20-13-7-4-6-12(10-13)19-15(22)11-21(2)16(23)14-8-5-9-25-14/h4-10H,3,11H2,1-2H3,(H,19,22)(H2,18,20,24). The summed E-state index contributed by atoms with van der Waals surface area (Å²) in [6.45, 7) is 2.28. The van der Waals surface area contributed by atoms with E-state index in [1.54, 1.807) is 43.4 Å². The number of hydrogen-bond donors (Lipinski definition) is 3. The minimum absolute atomic E-state index is 0.0648. The molecule has 0 atom stereocenters. The van der Waals surface area contributed by atoms with Gasteiger partial charge in [-0.1, -0.05) is 12.1 Å². The molecule has 0 aliphatic heterocycles. The van der Waals surface area contributed by atoms with Gasteiger partial charge in [-0.05, 0) is 36.6 Å². The van der Waals surface area contributed by atoms with Crippen LogP contribution >= 0.6 is 11.3 Å². The smallest absolute Gasteiger partial charge is 0.319 e. The molecule has 25 heavy (non-hydrogen) atoms. The number of thiophene rings is 1. The first-order chi connectivity index (χ1) is 12.0. The van der Waals surface area contributed by atoms with Gasteiger partial charge < -0.3 is 20.9 Å². The van der Waals surface area contributed by atoms with Gasteiger partial charge in [0.1, 0.15) is 0 Å². The molecule has 1 aromatic heterocycles. The number of carbonyl (C=O) groups excluding carboxylic acids is 3. The van der Waals surface area contributed by atoms with Gasteiger partial charge in [-0.3, -0.25) is 9.59 Å². The number of carbonyl (C=O) groups is 3. The van der Waals surface area contributed by atoms with Crippen LogP contribution in [0.2, 0.25) is 0 Å². The van der Waals surface area contributed by atoms with E-state index in [1.807, 2.05) is 12.3 Å². The molecular formula is C17H20N4O3S. The molecule has 132 valence electrons. The van der Waals surface area contributed by atoms with Crippen molar-refractivity contribution in [3.63, 3.8) is 0 Å². The Morgan fingerprint density at radius 1 is 1.08 bits per heavy atom. The predicted octanol–water partition coefficient (Wildman–Crippen LogP) is 2.60. The van der Waals surface area contributed by atoms with Crippen LogP contribution in [-0.4, -0.2) is 42.9 Å². The van der Waals surface area contributed by atoms with Gasteiger partial charge in [-0.15, -0.1) is 11.3 Å². The van der Waals surface area contributed by atoms with Crippen LogP contribution in [-0.2, 0) is 4.79 Å². The van der Waals surface area contributed by atoms with Gasteiger partial charge in [0.05, 0.1) is 11.4 Å². The van der Waals surface area contributed by atoms with Gasteiger partial charge >= 0.3 is 6.03 Å². The highest BCUT2D eigenvalue weighted by atomic mass is 32.1. The zero-order valence-electron chi connectivity index (χ0n) is 14.0. The molecule has 3 N–H and O–H groups in total. The highest BCUT2D eigenvalue weighted by molar-refractivity contribution is 7.12. The van der Waals surface area contributed by atoms with Crippen molar-refractivity contribution < 1.29 is 14.4 Å². The van der Waals surface area contributed by atoms with Crippen LogP contribution in [0.3, 0.4) is 0 Å². The van der Waals surface area contributed by atoms with Crippen LogP contribution in [0.5, 0.6) is 0 Å². The molecule has 4 amide bonds. The number of nitrogens with zero attached hydrogens (tertiary/aromatic N) is 1. The topological polar surface area (TPSA) is 90.5 Å². The molecule has 0 bridgehead atoms. The Hall–Kier alpha value is -2.87. The fraction of sp³-hybridized carbons (Fsp3) is 0.235. The molecule has 1 aromatic carbocycles. The second-order valence-corrected chi connectivity index (χ2v) is 6.20. The highest BCUT2D eigenvalue weighted by Gasteiger charge is 2.15. The Labute approximate surface area is 150 Å². The average molecular weight is 360 g/mol. The van der Waals surface area contributed by atoms with E-state index in [0.29, 0.717) is 22.8 Å². The molecule has 0 spiro atoms. The van der Waals surface area contributed by atoms with E-state index in [9.17, 15) is 14.4 Å². The number of likely N-dealkylation sites (N-methyl/N-ethyl adjacent to an activating group) is 1. The van der Waals surface area contributed by atoms with Gasteiger partial charge in [0, 0.05) is 25.0 Å². The van der Waals surface area contributed by atoms with Crippen molar-refractivity contribution in [1.82, 2.24) is 10.2 Å². The lowest BCUT2D eigenvalue weighted by Crippen LogP contribution is -2.34. The molecule has 0 unspecified atom stereocenters. The molecule has 2 aromatic rings. The Balaban J connectivity index is 1.91. The number of nitrogens with one attached hydrogen (secondary N) is 3. The van der Waals surface area contributed by atoms with Crippen LogP contribution in [0, 0.1) is 0 Å².